The number of thioether (sulfide) groups is 1. The summed E-state index contributed by atoms with van der Waals surface area (Å²) in [6.45, 7) is 2.15. The van der Waals surface area contributed by atoms with E-state index in [1.165, 1.54) is 55.7 Å². The van der Waals surface area contributed by atoms with Gasteiger partial charge in [0.1, 0.15) is 17.6 Å². The summed E-state index contributed by atoms with van der Waals surface area (Å²) in [5.41, 5.74) is -0.0727. The van der Waals surface area contributed by atoms with Crippen LogP contribution in [-0.2, 0) is 0 Å². The summed E-state index contributed by atoms with van der Waals surface area (Å²) in [6, 6.07) is 8.63. The number of aliphatic hydroxyl groups is 1. The number of aldehydes is 1. The van der Waals surface area contributed by atoms with E-state index in [1.807, 2.05) is 18.8 Å². The van der Waals surface area contributed by atoms with Crippen LogP contribution < -0.4 is 15.4 Å². The van der Waals surface area contributed by atoms with E-state index in [0.29, 0.717) is 17.5 Å². The number of carbonyl (C=O) groups excluding carboxylic acids is 1. The van der Waals surface area contributed by atoms with Gasteiger partial charge in [-0.3, -0.25) is 4.79 Å². The van der Waals surface area contributed by atoms with Gasteiger partial charge in [-0.15, -0.1) is 0 Å². The fraction of sp³-hybridized carbons (Fsp3) is 0.391. The van der Waals surface area contributed by atoms with Crippen molar-refractivity contribution in [3.05, 3.63) is 52.5 Å². The van der Waals surface area contributed by atoms with Crippen LogP contribution in [-0.4, -0.2) is 53.4 Å². The summed E-state index contributed by atoms with van der Waals surface area (Å²) in [5, 5.41) is 24.7. The zero-order valence-electron chi connectivity index (χ0n) is 18.8. The van der Waals surface area contributed by atoms with Gasteiger partial charge in [0, 0.05) is 39.9 Å². The molecule has 33 heavy (non-hydrogen) atoms. The third kappa shape index (κ3) is 7.67. The third-order valence-electron chi connectivity index (χ3n) is 4.90. The number of rotatable bonds is 8. The molecule has 0 atom stereocenters. The highest BCUT2D eigenvalue weighted by atomic mass is 35.5. The van der Waals surface area contributed by atoms with Crippen LogP contribution in [0.3, 0.4) is 0 Å². The third-order valence-corrected chi connectivity index (χ3v) is 6.88. The number of ether oxygens (including phenoxy) is 1. The van der Waals surface area contributed by atoms with Crippen LogP contribution in [0.2, 0.25) is 5.02 Å². The molecule has 0 saturated carbocycles. The summed E-state index contributed by atoms with van der Waals surface area (Å²) in [7, 11) is 2.03. The molecule has 6 nitrogen and oxygen atoms in total. The molecule has 180 valence electrons. The minimum atomic E-state index is -2.96. The van der Waals surface area contributed by atoms with Gasteiger partial charge in [0.2, 0.25) is 0 Å². The van der Waals surface area contributed by atoms with Gasteiger partial charge in [-0.2, -0.15) is 20.5 Å². The quantitative estimate of drug-likeness (QED) is 0.289. The summed E-state index contributed by atoms with van der Waals surface area (Å²) in [6.07, 6.45) is 0.577. The fourth-order valence-corrected chi connectivity index (χ4v) is 4.18. The first kappa shape index (κ1) is 27.0. The number of halogens is 3. The maximum Gasteiger partial charge on any atom is 0.387 e. The lowest BCUT2D eigenvalue weighted by Gasteiger charge is -2.37. The molecule has 1 heterocycles. The van der Waals surface area contributed by atoms with Gasteiger partial charge < -0.3 is 25.9 Å². The van der Waals surface area contributed by atoms with E-state index >= 15 is 0 Å². The van der Waals surface area contributed by atoms with E-state index in [0.717, 1.165) is 0 Å². The monoisotopic (exact) mass is 499 g/mol. The van der Waals surface area contributed by atoms with E-state index in [4.69, 9.17) is 17.0 Å². The standard InChI is InChI=1S/C18H17ClF2N2O3.C5H11NS/c1-18(2,25)16(22)13-6-10(9-24)7-14(19)15(13)23-11-4-3-5-12(8-11)26-17(20)21;1-5(6-2)3-7-4-5/h3-9,17,22-23,25H,1-2H3;6H,3-4H2,1-2H3. The second kappa shape index (κ2) is 11.3. The van der Waals surface area contributed by atoms with E-state index in [9.17, 15) is 18.7 Å². The fourth-order valence-electron chi connectivity index (χ4n) is 2.80. The second-order valence-corrected chi connectivity index (χ2v) is 9.70. The van der Waals surface area contributed by atoms with Crippen molar-refractivity contribution in [1.82, 2.24) is 5.32 Å². The van der Waals surface area contributed by atoms with E-state index in [2.05, 4.69) is 22.3 Å². The van der Waals surface area contributed by atoms with Crippen LogP contribution in [0.1, 0.15) is 36.7 Å². The number of carbonyl (C=O) groups is 1. The highest BCUT2D eigenvalue weighted by molar-refractivity contribution is 8.00. The molecule has 0 bridgehead atoms. The lowest BCUT2D eigenvalue weighted by molar-refractivity contribution is -0.0498. The molecular weight excluding hydrogens is 472 g/mol. The van der Waals surface area contributed by atoms with Gasteiger partial charge in [-0.25, -0.2) is 0 Å². The van der Waals surface area contributed by atoms with Crippen LogP contribution in [0, 0.1) is 5.41 Å². The number of benzene rings is 2. The van der Waals surface area contributed by atoms with Crippen molar-refractivity contribution in [2.45, 2.75) is 38.5 Å². The topological polar surface area (TPSA) is 94.4 Å². The van der Waals surface area contributed by atoms with Crippen molar-refractivity contribution < 1.29 is 23.4 Å². The predicted octanol–water partition coefficient (Wildman–Crippen LogP) is 5.35. The number of nitrogens with one attached hydrogen (secondary N) is 3. The lowest BCUT2D eigenvalue weighted by Crippen LogP contribution is -2.51. The van der Waals surface area contributed by atoms with Gasteiger partial charge >= 0.3 is 6.61 Å². The Labute approximate surface area is 201 Å². The molecule has 2 aromatic rings. The lowest BCUT2D eigenvalue weighted by atomic mass is 9.93. The van der Waals surface area contributed by atoms with Crippen LogP contribution in [0.5, 0.6) is 5.75 Å². The van der Waals surface area contributed by atoms with Crippen LogP contribution in [0.15, 0.2) is 36.4 Å². The average molecular weight is 500 g/mol. The Morgan fingerprint density at radius 3 is 2.45 bits per heavy atom. The second-order valence-electron chi connectivity index (χ2n) is 8.31. The number of hydrogen-bond donors (Lipinski definition) is 4. The SMILES string of the molecule is CC(C)(O)C(=N)c1cc(C=O)cc(Cl)c1Nc1cccc(OC(F)F)c1.CNC1(C)CSC1. The molecule has 0 radical (unpaired) electrons. The minimum Gasteiger partial charge on any atom is -0.435 e. The average Bonchev–Trinajstić information content (AvgIpc) is 2.72. The maximum absolute atomic E-state index is 12.4. The summed E-state index contributed by atoms with van der Waals surface area (Å²) >= 11 is 8.24. The molecular formula is C23H28ClF2N3O3S. The van der Waals surface area contributed by atoms with Gasteiger partial charge in [0.15, 0.2) is 0 Å². The Kier molecular flexibility index (Phi) is 9.25. The number of hydrogen-bond acceptors (Lipinski definition) is 7. The molecule has 1 fully saturated rings. The van der Waals surface area contributed by atoms with Crippen molar-refractivity contribution in [2.75, 3.05) is 23.9 Å². The zero-order chi connectivity index (χ0) is 24.8. The first-order chi connectivity index (χ1) is 15.4. The Bertz CT molecular complexity index is 990. The van der Waals surface area contributed by atoms with Gasteiger partial charge in [0.05, 0.1) is 16.4 Å². The van der Waals surface area contributed by atoms with Crippen molar-refractivity contribution in [2.24, 2.45) is 0 Å². The molecule has 1 aliphatic heterocycles. The van der Waals surface area contributed by atoms with Gasteiger partial charge in [-0.05, 0) is 52.1 Å². The Balaban J connectivity index is 0.000000468. The van der Waals surface area contributed by atoms with E-state index in [-0.39, 0.29) is 33.3 Å². The summed E-state index contributed by atoms with van der Waals surface area (Å²) in [4.78, 5) is 11.1. The molecule has 0 amide bonds. The van der Waals surface area contributed by atoms with Crippen molar-refractivity contribution in [3.8, 4) is 5.75 Å². The number of alkyl halides is 2. The molecule has 0 aromatic heterocycles. The molecule has 4 N–H and O–H groups in total. The molecule has 0 unspecified atom stereocenters. The van der Waals surface area contributed by atoms with Crippen LogP contribution >= 0.6 is 23.4 Å². The van der Waals surface area contributed by atoms with E-state index < -0.39 is 12.2 Å². The Hall–Kier alpha value is -2.20. The predicted molar refractivity (Wildman–Crippen MR) is 131 cm³/mol. The van der Waals surface area contributed by atoms with Crippen molar-refractivity contribution in [1.29, 1.82) is 5.41 Å². The first-order valence-electron chi connectivity index (χ1n) is 10.1. The van der Waals surface area contributed by atoms with Gasteiger partial charge in [-0.1, -0.05) is 17.7 Å². The minimum absolute atomic E-state index is 0.0512. The van der Waals surface area contributed by atoms with Gasteiger partial charge in [0.25, 0.3) is 0 Å². The molecule has 3 rings (SSSR count). The molecule has 1 aliphatic rings. The summed E-state index contributed by atoms with van der Waals surface area (Å²) in [5.74, 6) is 2.51. The normalized spacial score (nSPS) is 14.6. The van der Waals surface area contributed by atoms with Crippen molar-refractivity contribution >= 4 is 46.7 Å². The van der Waals surface area contributed by atoms with Crippen LogP contribution in [0.25, 0.3) is 0 Å². The largest absolute Gasteiger partial charge is 0.435 e. The molecule has 0 aliphatic carbocycles. The smallest absolute Gasteiger partial charge is 0.387 e. The molecule has 2 aromatic carbocycles. The van der Waals surface area contributed by atoms with E-state index in [1.54, 1.807) is 6.07 Å². The number of anilines is 2. The van der Waals surface area contributed by atoms with Crippen LogP contribution in [0.4, 0.5) is 20.2 Å². The maximum atomic E-state index is 12.4. The molecule has 0 spiro atoms. The van der Waals surface area contributed by atoms with Crippen molar-refractivity contribution in [3.63, 3.8) is 0 Å². The Morgan fingerprint density at radius 1 is 1.33 bits per heavy atom. The highest BCUT2D eigenvalue weighted by Crippen LogP contribution is 2.34. The first-order valence-corrected chi connectivity index (χ1v) is 11.6. The zero-order valence-corrected chi connectivity index (χ0v) is 20.4. The molecule has 10 heteroatoms. The Morgan fingerprint density at radius 2 is 2.00 bits per heavy atom. The molecule has 1 saturated heterocycles. The highest BCUT2D eigenvalue weighted by Gasteiger charge is 2.30. The summed E-state index contributed by atoms with van der Waals surface area (Å²) < 4.78 is 29.1.